The van der Waals surface area contributed by atoms with Crippen LogP contribution in [0.1, 0.15) is 55.1 Å². The zero-order valence-corrected chi connectivity index (χ0v) is 15.1. The van der Waals surface area contributed by atoms with Gasteiger partial charge in [-0.1, -0.05) is 24.2 Å². The molecule has 24 heavy (non-hydrogen) atoms. The second-order valence-corrected chi connectivity index (χ2v) is 7.90. The topological polar surface area (TPSA) is 62.4 Å². The van der Waals surface area contributed by atoms with Gasteiger partial charge in [0.1, 0.15) is 5.75 Å². The van der Waals surface area contributed by atoms with Gasteiger partial charge in [-0.3, -0.25) is 4.90 Å². The Morgan fingerprint density at radius 2 is 2.00 bits per heavy atom. The first kappa shape index (κ1) is 17.3. The van der Waals surface area contributed by atoms with Crippen LogP contribution >= 0.6 is 11.8 Å². The van der Waals surface area contributed by atoms with Crippen LogP contribution in [-0.2, 0) is 6.54 Å². The van der Waals surface area contributed by atoms with Crippen molar-refractivity contribution in [2.45, 2.75) is 44.4 Å². The average molecular weight is 347 g/mol. The van der Waals surface area contributed by atoms with Crippen molar-refractivity contribution >= 4 is 11.8 Å². The molecule has 0 bridgehead atoms. The Bertz CT molecular complexity index is 636. The lowest BCUT2D eigenvalue weighted by Crippen LogP contribution is -2.32. The quantitative estimate of drug-likeness (QED) is 0.853. The normalized spacial score (nSPS) is 17.9. The number of nitrogens with zero attached hydrogens (tertiary/aromatic N) is 3. The maximum atomic E-state index is 9.40. The molecule has 0 saturated carbocycles. The monoisotopic (exact) mass is 347 g/mol. The van der Waals surface area contributed by atoms with E-state index < -0.39 is 0 Å². The van der Waals surface area contributed by atoms with Gasteiger partial charge in [0.25, 0.3) is 0 Å². The van der Waals surface area contributed by atoms with Gasteiger partial charge >= 0.3 is 0 Å². The summed E-state index contributed by atoms with van der Waals surface area (Å²) in [6, 6.07) is 7.62. The molecule has 1 aromatic heterocycles. The van der Waals surface area contributed by atoms with Crippen LogP contribution in [-0.4, -0.2) is 39.0 Å². The van der Waals surface area contributed by atoms with Gasteiger partial charge in [-0.2, -0.15) is 16.7 Å². The van der Waals surface area contributed by atoms with Crippen molar-refractivity contribution < 1.29 is 9.63 Å². The smallest absolute Gasteiger partial charge is 0.240 e. The molecule has 2 aromatic rings. The van der Waals surface area contributed by atoms with E-state index in [4.69, 9.17) is 4.52 Å². The molecular weight excluding hydrogens is 322 g/mol. The van der Waals surface area contributed by atoms with Gasteiger partial charge in [-0.25, -0.2) is 0 Å². The van der Waals surface area contributed by atoms with E-state index in [1.165, 1.54) is 5.56 Å². The number of piperidine rings is 1. The van der Waals surface area contributed by atoms with Crippen LogP contribution < -0.4 is 0 Å². The first-order valence-electron chi connectivity index (χ1n) is 8.61. The van der Waals surface area contributed by atoms with Crippen molar-refractivity contribution in [2.24, 2.45) is 0 Å². The Morgan fingerprint density at radius 1 is 1.29 bits per heavy atom. The maximum Gasteiger partial charge on any atom is 0.240 e. The number of aromatic hydroxyl groups is 1. The lowest BCUT2D eigenvalue weighted by atomic mass is 9.89. The van der Waals surface area contributed by atoms with Crippen LogP contribution in [0.5, 0.6) is 5.75 Å². The molecule has 1 atom stereocenters. The molecule has 1 fully saturated rings. The number of phenolic OH excluding ortho intramolecular Hbond substituents is 1. The summed E-state index contributed by atoms with van der Waals surface area (Å²) in [5, 5.41) is 13.8. The average Bonchev–Trinajstić information content (AvgIpc) is 3.05. The van der Waals surface area contributed by atoms with Gasteiger partial charge in [0.05, 0.1) is 11.8 Å². The molecule has 1 aliphatic heterocycles. The van der Waals surface area contributed by atoms with E-state index in [0.29, 0.717) is 11.7 Å². The van der Waals surface area contributed by atoms with E-state index in [9.17, 15) is 5.11 Å². The van der Waals surface area contributed by atoms with Crippen LogP contribution in [0.15, 0.2) is 28.8 Å². The molecular formula is C18H25N3O2S. The second kappa shape index (κ2) is 8.03. The number of rotatable bonds is 6. The molecule has 5 nitrogen and oxygen atoms in total. The molecule has 1 saturated heterocycles. The molecule has 1 aliphatic rings. The molecule has 1 N–H and O–H groups in total. The Hall–Kier alpha value is -1.53. The number of thioether (sulfide) groups is 1. The van der Waals surface area contributed by atoms with Crippen LogP contribution in [0.2, 0.25) is 0 Å². The Kier molecular flexibility index (Phi) is 5.79. The minimum atomic E-state index is 0.285. The molecule has 0 aliphatic carbocycles. The summed E-state index contributed by atoms with van der Waals surface area (Å²) < 4.78 is 5.42. The summed E-state index contributed by atoms with van der Waals surface area (Å²) in [6.45, 7) is 7.05. The van der Waals surface area contributed by atoms with Crippen LogP contribution in [0, 0.1) is 0 Å². The lowest BCUT2D eigenvalue weighted by Gasteiger charge is -2.31. The number of benzene rings is 1. The lowest BCUT2D eigenvalue weighted by molar-refractivity contribution is 0.181. The first-order valence-corrected chi connectivity index (χ1v) is 9.66. The van der Waals surface area contributed by atoms with E-state index in [-0.39, 0.29) is 5.25 Å². The van der Waals surface area contributed by atoms with Crippen LogP contribution in [0.25, 0.3) is 0 Å². The summed E-state index contributed by atoms with van der Waals surface area (Å²) in [6.07, 6.45) is 2.24. The predicted molar refractivity (Wildman–Crippen MR) is 96.2 cm³/mol. The molecule has 6 heteroatoms. The third-order valence-electron chi connectivity index (χ3n) is 4.58. The fourth-order valence-corrected chi connectivity index (χ4v) is 3.93. The van der Waals surface area contributed by atoms with Crippen molar-refractivity contribution in [3.05, 3.63) is 41.5 Å². The van der Waals surface area contributed by atoms with Crippen molar-refractivity contribution in [1.29, 1.82) is 0 Å². The zero-order valence-electron chi connectivity index (χ0n) is 14.3. The second-order valence-electron chi connectivity index (χ2n) is 6.29. The standard InChI is InChI=1S/C18H25N3O2S/c1-3-24-13(2)18-19-17(23-20-18)12-21-10-8-15(9-11-21)14-4-6-16(22)7-5-14/h4-7,13,15,22H,3,8-12H2,1-2H3/t13-/m0/s1. The summed E-state index contributed by atoms with van der Waals surface area (Å²) in [5.41, 5.74) is 1.32. The van der Waals surface area contributed by atoms with Gasteiger partial charge in [-0.05, 0) is 62.2 Å². The largest absolute Gasteiger partial charge is 0.508 e. The highest BCUT2D eigenvalue weighted by molar-refractivity contribution is 7.99. The number of hydrogen-bond donors (Lipinski definition) is 1. The Labute approximate surface area is 147 Å². The minimum absolute atomic E-state index is 0.285. The van der Waals surface area contributed by atoms with Gasteiger partial charge in [0.2, 0.25) is 5.89 Å². The SMILES string of the molecule is CCS[C@@H](C)c1noc(CN2CCC(c3ccc(O)cc3)CC2)n1. The van der Waals surface area contributed by atoms with E-state index in [0.717, 1.165) is 49.9 Å². The fourth-order valence-electron chi connectivity index (χ4n) is 3.18. The molecule has 1 aromatic carbocycles. The van der Waals surface area contributed by atoms with Gasteiger partial charge in [-0.15, -0.1) is 0 Å². The highest BCUT2D eigenvalue weighted by atomic mass is 32.2. The summed E-state index contributed by atoms with van der Waals surface area (Å²) in [4.78, 5) is 6.92. The fraction of sp³-hybridized carbons (Fsp3) is 0.556. The highest BCUT2D eigenvalue weighted by Crippen LogP contribution is 2.30. The van der Waals surface area contributed by atoms with Crippen molar-refractivity contribution in [3.8, 4) is 5.75 Å². The van der Waals surface area contributed by atoms with Gasteiger partial charge < -0.3 is 9.63 Å². The third kappa shape index (κ3) is 4.30. The maximum absolute atomic E-state index is 9.40. The van der Waals surface area contributed by atoms with Gasteiger partial charge in [0.15, 0.2) is 5.82 Å². The van der Waals surface area contributed by atoms with Crippen LogP contribution in [0.4, 0.5) is 0 Å². The van der Waals surface area contributed by atoms with Crippen molar-refractivity contribution in [2.75, 3.05) is 18.8 Å². The third-order valence-corrected chi connectivity index (χ3v) is 5.62. The molecule has 0 unspecified atom stereocenters. The number of aromatic nitrogens is 2. The zero-order chi connectivity index (χ0) is 16.9. The van der Waals surface area contributed by atoms with E-state index in [2.05, 4.69) is 28.9 Å². The molecule has 0 radical (unpaired) electrons. The van der Waals surface area contributed by atoms with Crippen LogP contribution in [0.3, 0.4) is 0 Å². The van der Waals surface area contributed by atoms with E-state index in [1.807, 2.05) is 23.9 Å². The Morgan fingerprint density at radius 3 is 2.67 bits per heavy atom. The van der Waals surface area contributed by atoms with E-state index in [1.54, 1.807) is 12.1 Å². The van der Waals surface area contributed by atoms with Gasteiger partial charge in [0, 0.05) is 0 Å². The van der Waals surface area contributed by atoms with E-state index >= 15 is 0 Å². The highest BCUT2D eigenvalue weighted by Gasteiger charge is 2.22. The summed E-state index contributed by atoms with van der Waals surface area (Å²) in [7, 11) is 0. The summed E-state index contributed by atoms with van der Waals surface area (Å²) in [5.74, 6) is 3.47. The minimum Gasteiger partial charge on any atom is -0.508 e. The first-order chi connectivity index (χ1) is 11.7. The number of hydrogen-bond acceptors (Lipinski definition) is 6. The van der Waals surface area contributed by atoms with Crippen molar-refractivity contribution in [1.82, 2.24) is 15.0 Å². The molecule has 3 rings (SSSR count). The molecule has 130 valence electrons. The molecule has 2 heterocycles. The predicted octanol–water partition coefficient (Wildman–Crippen LogP) is 3.97. The molecule has 0 spiro atoms. The molecule has 0 amide bonds. The number of phenols is 1. The Balaban J connectivity index is 1.51. The van der Waals surface area contributed by atoms with Crippen molar-refractivity contribution in [3.63, 3.8) is 0 Å². The number of likely N-dealkylation sites (tertiary alicyclic amines) is 1. The summed E-state index contributed by atoms with van der Waals surface area (Å²) >= 11 is 1.83.